The maximum atomic E-state index is 11.3. The van der Waals surface area contributed by atoms with Crippen molar-refractivity contribution in [1.29, 1.82) is 0 Å². The number of allylic oxidation sites excluding steroid dienone is 2. The molecule has 0 atom stereocenters. The molecule has 5 heteroatoms. The number of rotatable bonds is 2. The Morgan fingerprint density at radius 2 is 2.12 bits per heavy atom. The Hall–Kier alpha value is -1.59. The Labute approximate surface area is 108 Å². The van der Waals surface area contributed by atoms with E-state index >= 15 is 0 Å². The summed E-state index contributed by atoms with van der Waals surface area (Å²) in [7, 11) is 0. The van der Waals surface area contributed by atoms with E-state index in [9.17, 15) is 9.90 Å². The average molecular weight is 263 g/mol. The summed E-state index contributed by atoms with van der Waals surface area (Å²) in [6, 6.07) is 6.98. The Bertz CT molecular complexity index is 535. The summed E-state index contributed by atoms with van der Waals surface area (Å²) in [5, 5.41) is 12.1. The summed E-state index contributed by atoms with van der Waals surface area (Å²) in [4.78, 5) is 11.9. The van der Waals surface area contributed by atoms with Gasteiger partial charge in [0.05, 0.1) is 4.91 Å². The summed E-state index contributed by atoms with van der Waals surface area (Å²) >= 11 is 6.10. The zero-order chi connectivity index (χ0) is 12.3. The molecule has 86 valence electrons. The molecule has 2 N–H and O–H groups in total. The van der Waals surface area contributed by atoms with Crippen molar-refractivity contribution < 1.29 is 9.90 Å². The molecule has 1 heterocycles. The molecule has 0 radical (unpaired) electrons. The predicted octanol–water partition coefficient (Wildman–Crippen LogP) is 2.44. The Morgan fingerprint density at radius 1 is 1.35 bits per heavy atom. The minimum atomic E-state index is -0.179. The third-order valence-electron chi connectivity index (χ3n) is 2.10. The number of aromatic hydroxyl groups is 1. The number of phenolic OH excluding ortho intramolecular Hbond substituents is 1. The Kier molecular flexibility index (Phi) is 3.61. The van der Waals surface area contributed by atoms with Crippen molar-refractivity contribution in [3.05, 3.63) is 46.9 Å². The number of nitrogens with one attached hydrogen (secondary N) is 1. The lowest BCUT2D eigenvalue weighted by Gasteiger charge is -1.95. The molecule has 1 saturated heterocycles. The molecule has 3 nitrogen and oxygen atoms in total. The van der Waals surface area contributed by atoms with Gasteiger partial charge in [-0.3, -0.25) is 4.79 Å². The van der Waals surface area contributed by atoms with Crippen LogP contribution >= 0.6 is 24.0 Å². The summed E-state index contributed by atoms with van der Waals surface area (Å²) in [5.74, 6) is 0.0307. The highest BCUT2D eigenvalue weighted by atomic mass is 32.2. The van der Waals surface area contributed by atoms with Gasteiger partial charge < -0.3 is 10.4 Å². The van der Waals surface area contributed by atoms with Crippen molar-refractivity contribution in [3.63, 3.8) is 0 Å². The first-order valence-corrected chi connectivity index (χ1v) is 6.09. The van der Waals surface area contributed by atoms with E-state index in [4.69, 9.17) is 12.2 Å². The Morgan fingerprint density at radius 3 is 2.76 bits per heavy atom. The number of carbonyl (C=O) groups is 1. The summed E-state index contributed by atoms with van der Waals surface area (Å²) < 4.78 is 0.470. The van der Waals surface area contributed by atoms with Crippen LogP contribution in [0.1, 0.15) is 5.56 Å². The van der Waals surface area contributed by atoms with E-state index in [1.807, 2.05) is 6.07 Å². The molecule has 0 aromatic heterocycles. The van der Waals surface area contributed by atoms with Crippen LogP contribution in [0.25, 0.3) is 6.08 Å². The van der Waals surface area contributed by atoms with Gasteiger partial charge >= 0.3 is 0 Å². The maximum absolute atomic E-state index is 11.3. The van der Waals surface area contributed by atoms with Crippen molar-refractivity contribution in [2.75, 3.05) is 0 Å². The van der Waals surface area contributed by atoms with Crippen molar-refractivity contribution in [3.8, 4) is 5.75 Å². The zero-order valence-corrected chi connectivity index (χ0v) is 10.3. The van der Waals surface area contributed by atoms with E-state index in [0.717, 1.165) is 0 Å². The smallest absolute Gasteiger partial charge is 0.263 e. The van der Waals surface area contributed by atoms with E-state index in [1.165, 1.54) is 11.8 Å². The first-order valence-electron chi connectivity index (χ1n) is 4.86. The lowest BCUT2D eigenvalue weighted by molar-refractivity contribution is -0.115. The lowest BCUT2D eigenvalue weighted by Crippen LogP contribution is -2.17. The number of amides is 1. The van der Waals surface area contributed by atoms with Crippen LogP contribution in [-0.2, 0) is 4.79 Å². The maximum Gasteiger partial charge on any atom is 0.263 e. The van der Waals surface area contributed by atoms with Crippen LogP contribution in [0.5, 0.6) is 5.75 Å². The number of thioether (sulfide) groups is 1. The van der Waals surface area contributed by atoms with Crippen LogP contribution in [-0.4, -0.2) is 15.3 Å². The van der Waals surface area contributed by atoms with Gasteiger partial charge in [-0.1, -0.05) is 54.3 Å². The summed E-state index contributed by atoms with van der Waals surface area (Å²) in [6.45, 7) is 0. The SMILES string of the molecule is O=C1NC(=S)S/C1=C\C=C\c1ccccc1O. The third kappa shape index (κ3) is 2.95. The molecule has 0 aliphatic carbocycles. The molecule has 1 aliphatic heterocycles. The molecular formula is C12H9NO2S2. The quantitative estimate of drug-likeness (QED) is 0.635. The molecule has 0 unspecified atom stereocenters. The predicted molar refractivity (Wildman–Crippen MR) is 73.6 cm³/mol. The van der Waals surface area contributed by atoms with Gasteiger partial charge in [0.15, 0.2) is 0 Å². The van der Waals surface area contributed by atoms with Crippen molar-refractivity contribution >= 4 is 40.3 Å². The van der Waals surface area contributed by atoms with Crippen LogP contribution in [0.4, 0.5) is 0 Å². The number of phenols is 1. The number of para-hydroxylation sites is 1. The van der Waals surface area contributed by atoms with Gasteiger partial charge in [-0.05, 0) is 12.1 Å². The molecule has 1 aliphatic rings. The fourth-order valence-electron chi connectivity index (χ4n) is 1.30. The largest absolute Gasteiger partial charge is 0.507 e. The Balaban J connectivity index is 2.13. The molecule has 1 fully saturated rings. The third-order valence-corrected chi connectivity index (χ3v) is 3.28. The highest BCUT2D eigenvalue weighted by Crippen LogP contribution is 2.24. The normalized spacial score (nSPS) is 18.0. The van der Waals surface area contributed by atoms with Crippen LogP contribution in [0.3, 0.4) is 0 Å². The summed E-state index contributed by atoms with van der Waals surface area (Å²) in [5.41, 5.74) is 0.704. The van der Waals surface area contributed by atoms with Gasteiger partial charge in [0, 0.05) is 5.56 Å². The number of hydrogen-bond donors (Lipinski definition) is 2. The lowest BCUT2D eigenvalue weighted by atomic mass is 10.2. The van der Waals surface area contributed by atoms with Crippen LogP contribution in [0.2, 0.25) is 0 Å². The van der Waals surface area contributed by atoms with Gasteiger partial charge in [0.2, 0.25) is 0 Å². The minimum Gasteiger partial charge on any atom is -0.507 e. The zero-order valence-electron chi connectivity index (χ0n) is 8.71. The number of carbonyl (C=O) groups excluding carboxylic acids is 1. The first kappa shape index (κ1) is 11.9. The molecule has 0 spiro atoms. The van der Waals surface area contributed by atoms with Crippen LogP contribution in [0, 0.1) is 0 Å². The highest BCUT2D eigenvalue weighted by molar-refractivity contribution is 8.26. The molecule has 17 heavy (non-hydrogen) atoms. The topological polar surface area (TPSA) is 49.3 Å². The number of hydrogen-bond acceptors (Lipinski definition) is 4. The average Bonchev–Trinajstić information content (AvgIpc) is 2.60. The van der Waals surface area contributed by atoms with Gasteiger partial charge in [0.25, 0.3) is 5.91 Å². The van der Waals surface area contributed by atoms with Gasteiger partial charge in [-0.2, -0.15) is 0 Å². The molecule has 1 amide bonds. The molecule has 1 aromatic rings. The molecule has 1 aromatic carbocycles. The van der Waals surface area contributed by atoms with Gasteiger partial charge in [-0.15, -0.1) is 0 Å². The van der Waals surface area contributed by atoms with Crippen molar-refractivity contribution in [1.82, 2.24) is 5.32 Å². The fourth-order valence-corrected chi connectivity index (χ4v) is 2.30. The van der Waals surface area contributed by atoms with E-state index in [2.05, 4.69) is 5.32 Å². The minimum absolute atomic E-state index is 0.179. The molecule has 0 bridgehead atoms. The van der Waals surface area contributed by atoms with E-state index in [-0.39, 0.29) is 11.7 Å². The second kappa shape index (κ2) is 5.16. The van der Waals surface area contributed by atoms with E-state index in [0.29, 0.717) is 14.8 Å². The van der Waals surface area contributed by atoms with Gasteiger partial charge in [0.1, 0.15) is 10.1 Å². The van der Waals surface area contributed by atoms with E-state index < -0.39 is 0 Å². The first-order chi connectivity index (χ1) is 8.16. The fraction of sp³-hybridized carbons (Fsp3) is 0. The highest BCUT2D eigenvalue weighted by Gasteiger charge is 2.20. The van der Waals surface area contributed by atoms with Crippen LogP contribution < -0.4 is 5.32 Å². The van der Waals surface area contributed by atoms with Crippen molar-refractivity contribution in [2.24, 2.45) is 0 Å². The van der Waals surface area contributed by atoms with Crippen LogP contribution in [0.15, 0.2) is 41.3 Å². The molecule has 0 saturated carbocycles. The second-order valence-corrected chi connectivity index (χ2v) is 5.01. The summed E-state index contributed by atoms with van der Waals surface area (Å²) in [6.07, 6.45) is 5.12. The molecular weight excluding hydrogens is 254 g/mol. The van der Waals surface area contributed by atoms with Crippen molar-refractivity contribution in [2.45, 2.75) is 0 Å². The van der Waals surface area contributed by atoms with E-state index in [1.54, 1.807) is 36.4 Å². The number of thiocarbonyl (C=S) groups is 1. The number of benzene rings is 1. The standard InChI is InChI=1S/C12H9NO2S2/c14-9-6-2-1-4-8(9)5-3-7-10-11(15)13-12(16)17-10/h1-7,14H,(H,13,15,16)/b5-3+,10-7-. The monoisotopic (exact) mass is 263 g/mol. The molecule has 2 rings (SSSR count). The second-order valence-electron chi connectivity index (χ2n) is 3.29. The van der Waals surface area contributed by atoms with Gasteiger partial charge in [-0.25, -0.2) is 0 Å².